The normalized spacial score (nSPS) is 18.7. The number of piperazine rings is 1. The van der Waals surface area contributed by atoms with Crippen LogP contribution in [0.2, 0.25) is 0 Å². The van der Waals surface area contributed by atoms with Gasteiger partial charge in [0, 0.05) is 11.8 Å². The van der Waals surface area contributed by atoms with Gasteiger partial charge in [-0.15, -0.1) is 0 Å². The largest absolute Gasteiger partial charge is 0.368 e. The summed E-state index contributed by atoms with van der Waals surface area (Å²) in [6.45, 7) is 5.33. The Hall–Kier alpha value is -2.18. The van der Waals surface area contributed by atoms with Gasteiger partial charge in [0.1, 0.15) is 11.4 Å². The molecule has 3 N–H and O–H groups in total. The standard InChI is InChI=1S/C11H15N5O2/c1-6-4-13-10(12)15-8(6)16-5-7(17)14-9(18)11(16,2)3/h4H,5H2,1-3H3,(H2,12,13,15)(H,14,17,18). The average molecular weight is 249 g/mol. The summed E-state index contributed by atoms with van der Waals surface area (Å²) in [4.78, 5) is 33.0. The van der Waals surface area contributed by atoms with Crippen molar-refractivity contribution in [2.45, 2.75) is 26.3 Å². The number of aromatic nitrogens is 2. The second-order valence-electron chi connectivity index (χ2n) is 4.76. The summed E-state index contributed by atoms with van der Waals surface area (Å²) in [6, 6.07) is 0. The zero-order valence-electron chi connectivity index (χ0n) is 10.5. The summed E-state index contributed by atoms with van der Waals surface area (Å²) >= 11 is 0. The molecule has 1 fully saturated rings. The maximum Gasteiger partial charge on any atom is 0.251 e. The van der Waals surface area contributed by atoms with Gasteiger partial charge in [-0.05, 0) is 20.8 Å². The Labute approximate surface area is 104 Å². The molecule has 7 heteroatoms. The smallest absolute Gasteiger partial charge is 0.251 e. The Morgan fingerprint density at radius 1 is 1.44 bits per heavy atom. The van der Waals surface area contributed by atoms with E-state index >= 15 is 0 Å². The summed E-state index contributed by atoms with van der Waals surface area (Å²) in [6.07, 6.45) is 1.57. The van der Waals surface area contributed by atoms with Gasteiger partial charge in [0.25, 0.3) is 5.91 Å². The summed E-state index contributed by atoms with van der Waals surface area (Å²) in [5, 5.41) is 2.31. The number of nitrogens with zero attached hydrogens (tertiary/aromatic N) is 3. The van der Waals surface area contributed by atoms with Gasteiger partial charge in [0.2, 0.25) is 11.9 Å². The maximum absolute atomic E-state index is 11.9. The van der Waals surface area contributed by atoms with E-state index < -0.39 is 5.54 Å². The monoisotopic (exact) mass is 249 g/mol. The number of nitrogen functional groups attached to an aromatic ring is 1. The molecular weight excluding hydrogens is 234 g/mol. The molecule has 1 saturated heterocycles. The van der Waals surface area contributed by atoms with E-state index in [-0.39, 0.29) is 24.3 Å². The molecule has 2 heterocycles. The van der Waals surface area contributed by atoms with Crippen molar-refractivity contribution in [1.29, 1.82) is 0 Å². The third-order valence-electron chi connectivity index (χ3n) is 3.00. The molecule has 1 aromatic heterocycles. The summed E-state index contributed by atoms with van der Waals surface area (Å²) in [5.41, 5.74) is 5.46. The Morgan fingerprint density at radius 2 is 2.11 bits per heavy atom. The Kier molecular flexibility index (Phi) is 2.68. The van der Waals surface area contributed by atoms with Crippen LogP contribution in [0.25, 0.3) is 0 Å². The van der Waals surface area contributed by atoms with Crippen molar-refractivity contribution in [3.8, 4) is 0 Å². The molecular formula is C11H15N5O2. The fourth-order valence-corrected chi connectivity index (χ4v) is 1.84. The lowest BCUT2D eigenvalue weighted by Crippen LogP contribution is -2.64. The van der Waals surface area contributed by atoms with Gasteiger partial charge in [-0.25, -0.2) is 4.98 Å². The van der Waals surface area contributed by atoms with Crippen molar-refractivity contribution < 1.29 is 9.59 Å². The highest BCUT2D eigenvalue weighted by atomic mass is 16.2. The molecule has 18 heavy (non-hydrogen) atoms. The van der Waals surface area contributed by atoms with E-state index in [4.69, 9.17) is 5.73 Å². The highest BCUT2D eigenvalue weighted by molar-refractivity contribution is 6.06. The summed E-state index contributed by atoms with van der Waals surface area (Å²) in [5.74, 6) is -0.0771. The lowest BCUT2D eigenvalue weighted by Gasteiger charge is -2.41. The van der Waals surface area contributed by atoms with Gasteiger partial charge in [-0.2, -0.15) is 4.98 Å². The fourth-order valence-electron chi connectivity index (χ4n) is 1.84. The van der Waals surface area contributed by atoms with Crippen LogP contribution in [0.4, 0.5) is 11.8 Å². The van der Waals surface area contributed by atoms with E-state index in [1.165, 1.54) is 0 Å². The number of nitrogens with one attached hydrogen (secondary N) is 1. The van der Waals surface area contributed by atoms with Crippen molar-refractivity contribution in [3.05, 3.63) is 11.8 Å². The zero-order chi connectivity index (χ0) is 13.5. The molecule has 96 valence electrons. The molecule has 0 saturated carbocycles. The van der Waals surface area contributed by atoms with E-state index in [1.54, 1.807) is 24.9 Å². The number of hydrogen-bond acceptors (Lipinski definition) is 6. The Bertz CT molecular complexity index is 526. The first-order chi connectivity index (χ1) is 8.32. The van der Waals surface area contributed by atoms with Crippen LogP contribution in [-0.4, -0.2) is 33.9 Å². The minimum absolute atomic E-state index is 0.0655. The fraction of sp³-hybridized carbons (Fsp3) is 0.455. The Morgan fingerprint density at radius 3 is 2.78 bits per heavy atom. The predicted octanol–water partition coefficient (Wildman–Crippen LogP) is -0.391. The highest BCUT2D eigenvalue weighted by Crippen LogP contribution is 2.27. The van der Waals surface area contributed by atoms with Crippen LogP contribution in [0.3, 0.4) is 0 Å². The topological polar surface area (TPSA) is 101 Å². The summed E-state index contributed by atoms with van der Waals surface area (Å²) in [7, 11) is 0. The molecule has 0 spiro atoms. The van der Waals surface area contributed by atoms with Crippen molar-refractivity contribution >= 4 is 23.6 Å². The van der Waals surface area contributed by atoms with Gasteiger partial charge >= 0.3 is 0 Å². The van der Waals surface area contributed by atoms with Crippen LogP contribution in [0.5, 0.6) is 0 Å². The molecule has 0 aliphatic carbocycles. The first-order valence-corrected chi connectivity index (χ1v) is 5.53. The number of nitrogens with two attached hydrogens (primary N) is 1. The van der Waals surface area contributed by atoms with Crippen molar-refractivity contribution in [2.75, 3.05) is 17.2 Å². The lowest BCUT2D eigenvalue weighted by molar-refractivity contribution is -0.135. The number of anilines is 2. The molecule has 0 unspecified atom stereocenters. The molecule has 2 rings (SSSR count). The van der Waals surface area contributed by atoms with Gasteiger partial charge in [-0.1, -0.05) is 0 Å². The number of aryl methyl sites for hydroxylation is 1. The molecule has 0 aromatic carbocycles. The zero-order valence-corrected chi connectivity index (χ0v) is 10.5. The van der Waals surface area contributed by atoms with E-state index in [9.17, 15) is 9.59 Å². The number of hydrogen-bond donors (Lipinski definition) is 2. The van der Waals surface area contributed by atoms with Gasteiger partial charge in [-0.3, -0.25) is 14.9 Å². The van der Waals surface area contributed by atoms with E-state index in [1.807, 2.05) is 6.92 Å². The van der Waals surface area contributed by atoms with Gasteiger partial charge in [0.05, 0.1) is 6.54 Å². The van der Waals surface area contributed by atoms with Crippen LogP contribution in [0.1, 0.15) is 19.4 Å². The quantitative estimate of drug-likeness (QED) is 0.657. The second-order valence-corrected chi connectivity index (χ2v) is 4.76. The van der Waals surface area contributed by atoms with Crippen LogP contribution >= 0.6 is 0 Å². The number of imide groups is 1. The minimum atomic E-state index is -0.862. The molecule has 0 atom stereocenters. The van der Waals surface area contributed by atoms with Crippen molar-refractivity contribution in [2.24, 2.45) is 0 Å². The number of amides is 2. The predicted molar refractivity (Wildman–Crippen MR) is 65.8 cm³/mol. The first-order valence-electron chi connectivity index (χ1n) is 5.53. The minimum Gasteiger partial charge on any atom is -0.368 e. The van der Waals surface area contributed by atoms with Crippen LogP contribution in [0.15, 0.2) is 6.20 Å². The molecule has 1 aromatic rings. The van der Waals surface area contributed by atoms with E-state index in [0.29, 0.717) is 5.82 Å². The third kappa shape index (κ3) is 1.87. The third-order valence-corrected chi connectivity index (χ3v) is 3.00. The Balaban J connectivity index is 2.50. The van der Waals surface area contributed by atoms with Crippen molar-refractivity contribution in [3.63, 3.8) is 0 Å². The van der Waals surface area contributed by atoms with Crippen LogP contribution in [-0.2, 0) is 9.59 Å². The molecule has 2 amide bonds. The maximum atomic E-state index is 11.9. The number of carbonyl (C=O) groups excluding carboxylic acids is 2. The number of rotatable bonds is 1. The van der Waals surface area contributed by atoms with E-state index in [0.717, 1.165) is 5.56 Å². The van der Waals surface area contributed by atoms with Gasteiger partial charge in [0.15, 0.2) is 0 Å². The average Bonchev–Trinajstić information content (AvgIpc) is 2.27. The molecule has 0 radical (unpaired) electrons. The lowest BCUT2D eigenvalue weighted by atomic mass is 9.98. The summed E-state index contributed by atoms with van der Waals surface area (Å²) < 4.78 is 0. The van der Waals surface area contributed by atoms with Gasteiger partial charge < -0.3 is 10.6 Å². The second kappa shape index (κ2) is 3.94. The number of carbonyl (C=O) groups is 2. The van der Waals surface area contributed by atoms with Crippen LogP contribution < -0.4 is 16.0 Å². The van der Waals surface area contributed by atoms with E-state index in [2.05, 4.69) is 15.3 Å². The van der Waals surface area contributed by atoms with Crippen molar-refractivity contribution in [1.82, 2.24) is 15.3 Å². The SMILES string of the molecule is Cc1cnc(N)nc1N1CC(=O)NC(=O)C1(C)C. The highest BCUT2D eigenvalue weighted by Gasteiger charge is 2.42. The van der Waals surface area contributed by atoms with Crippen LogP contribution in [0, 0.1) is 6.92 Å². The molecule has 0 bridgehead atoms. The molecule has 1 aliphatic rings. The first kappa shape index (κ1) is 12.3. The molecule has 1 aliphatic heterocycles. The molecule has 7 nitrogen and oxygen atoms in total.